The van der Waals surface area contributed by atoms with Crippen LogP contribution in [-0.4, -0.2) is 19.1 Å². The summed E-state index contributed by atoms with van der Waals surface area (Å²) in [7, 11) is 0. The van der Waals surface area contributed by atoms with Crippen LogP contribution in [0.4, 0.5) is 4.39 Å². The summed E-state index contributed by atoms with van der Waals surface area (Å²) in [6, 6.07) is 4.40. The Morgan fingerprint density at radius 2 is 2.33 bits per heavy atom. The van der Waals surface area contributed by atoms with E-state index in [1.54, 1.807) is 12.1 Å². The lowest BCUT2D eigenvalue weighted by atomic mass is 10.1. The average Bonchev–Trinajstić information content (AvgIpc) is 2.20. The van der Waals surface area contributed by atoms with Gasteiger partial charge in [0, 0.05) is 17.1 Å². The minimum atomic E-state index is -0.431. The first-order chi connectivity index (χ1) is 7.16. The van der Waals surface area contributed by atoms with Gasteiger partial charge in [-0.3, -0.25) is 4.79 Å². The van der Waals surface area contributed by atoms with Gasteiger partial charge in [0.05, 0.1) is 0 Å². The van der Waals surface area contributed by atoms with E-state index in [1.165, 1.54) is 6.07 Å². The highest BCUT2D eigenvalue weighted by Crippen LogP contribution is 2.24. The Morgan fingerprint density at radius 1 is 1.53 bits per heavy atom. The first-order valence-corrected chi connectivity index (χ1v) is 4.88. The van der Waals surface area contributed by atoms with E-state index in [2.05, 4.69) is 5.32 Å². The molecule has 1 fully saturated rings. The quantitative estimate of drug-likeness (QED) is 0.796. The third-order valence-electron chi connectivity index (χ3n) is 2.21. The maximum atomic E-state index is 13.5. The molecule has 1 heterocycles. The number of rotatable bonds is 1. The Hall–Kier alpha value is -1.13. The lowest BCUT2D eigenvalue weighted by molar-refractivity contribution is -0.133. The van der Waals surface area contributed by atoms with Crippen molar-refractivity contribution in [3.8, 4) is 0 Å². The van der Waals surface area contributed by atoms with Crippen molar-refractivity contribution in [1.29, 1.82) is 0 Å². The number of amides is 1. The molecular formula is C10H9ClFNO2. The number of hydrogen-bond donors (Lipinski definition) is 1. The molecule has 1 aliphatic rings. The zero-order valence-electron chi connectivity index (χ0n) is 7.80. The zero-order chi connectivity index (χ0) is 10.8. The predicted molar refractivity (Wildman–Crippen MR) is 53.1 cm³/mol. The number of carbonyl (C=O) groups is 1. The summed E-state index contributed by atoms with van der Waals surface area (Å²) < 4.78 is 18.7. The van der Waals surface area contributed by atoms with E-state index in [-0.39, 0.29) is 19.1 Å². The number of morpholine rings is 1. The van der Waals surface area contributed by atoms with Crippen LogP contribution in [0, 0.1) is 5.82 Å². The molecule has 0 bridgehead atoms. The zero-order valence-corrected chi connectivity index (χ0v) is 8.55. The number of benzene rings is 1. The van der Waals surface area contributed by atoms with Gasteiger partial charge in [-0.15, -0.1) is 0 Å². The Labute approximate surface area is 91.2 Å². The highest BCUT2D eigenvalue weighted by Gasteiger charge is 2.22. The van der Waals surface area contributed by atoms with E-state index >= 15 is 0 Å². The van der Waals surface area contributed by atoms with Crippen LogP contribution in [0.25, 0.3) is 0 Å². The largest absolute Gasteiger partial charge is 0.362 e. The molecule has 1 aromatic rings. The minimum absolute atomic E-state index is 0.0350. The molecule has 0 aromatic heterocycles. The van der Waals surface area contributed by atoms with Crippen LogP contribution in [0.2, 0.25) is 5.02 Å². The maximum absolute atomic E-state index is 13.5. The molecule has 0 radical (unpaired) electrons. The molecule has 1 unspecified atom stereocenters. The molecule has 0 saturated carbocycles. The van der Waals surface area contributed by atoms with Crippen molar-refractivity contribution in [3.05, 3.63) is 34.6 Å². The van der Waals surface area contributed by atoms with Crippen LogP contribution in [-0.2, 0) is 9.53 Å². The van der Waals surface area contributed by atoms with E-state index in [0.717, 1.165) is 0 Å². The molecule has 80 valence electrons. The average molecular weight is 230 g/mol. The Balaban J connectivity index is 2.19. The lowest BCUT2D eigenvalue weighted by Gasteiger charge is -2.23. The van der Waals surface area contributed by atoms with Gasteiger partial charge < -0.3 is 10.1 Å². The summed E-state index contributed by atoms with van der Waals surface area (Å²) in [5, 5.41) is 2.95. The minimum Gasteiger partial charge on any atom is -0.362 e. The normalized spacial score (nSPS) is 21.2. The second-order valence-electron chi connectivity index (χ2n) is 3.27. The summed E-state index contributed by atoms with van der Waals surface area (Å²) >= 11 is 5.63. The van der Waals surface area contributed by atoms with Gasteiger partial charge in [-0.05, 0) is 12.1 Å². The molecule has 3 nitrogen and oxygen atoms in total. The Morgan fingerprint density at radius 3 is 2.93 bits per heavy atom. The molecule has 1 aliphatic heterocycles. The van der Waals surface area contributed by atoms with E-state index in [9.17, 15) is 9.18 Å². The third kappa shape index (κ3) is 2.27. The molecule has 0 aliphatic carbocycles. The summed E-state index contributed by atoms with van der Waals surface area (Å²) in [5.74, 6) is -0.593. The van der Waals surface area contributed by atoms with E-state index < -0.39 is 11.9 Å². The second-order valence-corrected chi connectivity index (χ2v) is 3.71. The van der Waals surface area contributed by atoms with Crippen molar-refractivity contribution in [1.82, 2.24) is 5.32 Å². The highest BCUT2D eigenvalue weighted by atomic mass is 35.5. The lowest BCUT2D eigenvalue weighted by Crippen LogP contribution is -2.38. The van der Waals surface area contributed by atoms with Crippen molar-refractivity contribution in [2.24, 2.45) is 0 Å². The first-order valence-electron chi connectivity index (χ1n) is 4.50. The number of hydrogen-bond acceptors (Lipinski definition) is 2. The van der Waals surface area contributed by atoms with Crippen LogP contribution >= 0.6 is 11.6 Å². The van der Waals surface area contributed by atoms with Gasteiger partial charge in [0.2, 0.25) is 5.91 Å². The third-order valence-corrected chi connectivity index (χ3v) is 2.44. The van der Waals surface area contributed by atoms with Crippen LogP contribution in [0.1, 0.15) is 11.7 Å². The number of ether oxygens (including phenoxy) is 1. The van der Waals surface area contributed by atoms with Crippen molar-refractivity contribution in [2.45, 2.75) is 6.10 Å². The molecule has 5 heteroatoms. The monoisotopic (exact) mass is 229 g/mol. The summed E-state index contributed by atoms with van der Waals surface area (Å²) in [6.45, 7) is 0.254. The molecular weight excluding hydrogens is 221 g/mol. The van der Waals surface area contributed by atoms with E-state index in [4.69, 9.17) is 16.3 Å². The molecule has 1 amide bonds. The molecule has 2 rings (SSSR count). The van der Waals surface area contributed by atoms with Crippen LogP contribution in [0.3, 0.4) is 0 Å². The fourth-order valence-corrected chi connectivity index (χ4v) is 1.61. The van der Waals surface area contributed by atoms with E-state index in [1.807, 2.05) is 0 Å². The fraction of sp³-hybridized carbons (Fsp3) is 0.300. The molecule has 15 heavy (non-hydrogen) atoms. The highest BCUT2D eigenvalue weighted by molar-refractivity contribution is 6.30. The van der Waals surface area contributed by atoms with Crippen molar-refractivity contribution in [3.63, 3.8) is 0 Å². The van der Waals surface area contributed by atoms with Crippen LogP contribution in [0.15, 0.2) is 18.2 Å². The molecule has 1 aromatic carbocycles. The van der Waals surface area contributed by atoms with Gasteiger partial charge in [-0.2, -0.15) is 0 Å². The number of halogens is 2. The second kappa shape index (κ2) is 4.16. The smallest absolute Gasteiger partial charge is 0.246 e. The standard InChI is InChI=1S/C10H9ClFNO2/c11-6-1-2-7(8(12)3-6)9-4-13-10(14)5-15-9/h1-3,9H,4-5H2,(H,13,14). The SMILES string of the molecule is O=C1COC(c2ccc(Cl)cc2F)CN1. The topological polar surface area (TPSA) is 38.3 Å². The van der Waals surface area contributed by atoms with Gasteiger partial charge in [0.1, 0.15) is 18.5 Å². The summed E-state index contributed by atoms with van der Waals surface area (Å²) in [6.07, 6.45) is -0.431. The first kappa shape index (κ1) is 10.4. The maximum Gasteiger partial charge on any atom is 0.246 e. The van der Waals surface area contributed by atoms with Crippen molar-refractivity contribution < 1.29 is 13.9 Å². The Kier molecular flexibility index (Phi) is 2.88. The van der Waals surface area contributed by atoms with E-state index in [0.29, 0.717) is 10.6 Å². The summed E-state index contributed by atoms with van der Waals surface area (Å²) in [5.41, 5.74) is 0.416. The number of carbonyl (C=O) groups excluding carboxylic acids is 1. The van der Waals surface area contributed by atoms with Gasteiger partial charge in [-0.1, -0.05) is 17.7 Å². The predicted octanol–water partition coefficient (Wildman–Crippen LogP) is 1.67. The molecule has 1 N–H and O–H groups in total. The van der Waals surface area contributed by atoms with Gasteiger partial charge >= 0.3 is 0 Å². The van der Waals surface area contributed by atoms with Crippen molar-refractivity contribution >= 4 is 17.5 Å². The molecule has 1 atom stereocenters. The van der Waals surface area contributed by atoms with Gasteiger partial charge in [0.15, 0.2) is 0 Å². The van der Waals surface area contributed by atoms with Gasteiger partial charge in [-0.25, -0.2) is 4.39 Å². The summed E-state index contributed by atoms with van der Waals surface area (Å²) in [4.78, 5) is 10.8. The fourth-order valence-electron chi connectivity index (χ4n) is 1.46. The molecule has 1 saturated heterocycles. The van der Waals surface area contributed by atoms with Gasteiger partial charge in [0.25, 0.3) is 0 Å². The van der Waals surface area contributed by atoms with Crippen LogP contribution in [0.5, 0.6) is 0 Å². The molecule has 0 spiro atoms. The number of nitrogens with one attached hydrogen (secondary N) is 1. The Bertz CT molecular complexity index is 387. The van der Waals surface area contributed by atoms with Crippen molar-refractivity contribution in [2.75, 3.05) is 13.2 Å². The van der Waals surface area contributed by atoms with Crippen LogP contribution < -0.4 is 5.32 Å².